The van der Waals surface area contributed by atoms with Crippen LogP contribution in [-0.2, 0) is 13.2 Å². The minimum atomic E-state index is -4.63. The molecule has 0 unspecified atom stereocenters. The number of alkyl halides is 3. The summed E-state index contributed by atoms with van der Waals surface area (Å²) in [5.41, 5.74) is -1.56. The first kappa shape index (κ1) is 18.8. The molecule has 1 aliphatic rings. The lowest BCUT2D eigenvalue weighted by Gasteiger charge is -2.34. The van der Waals surface area contributed by atoms with E-state index in [0.29, 0.717) is 24.8 Å². The standard InChI is InChI=1S/C16H25F3N4O/c1-11-7-12(2)9-23(8-11)6-4-5-20-15(24)13-10-22(3)21-14(13)16(17,18)19/h10-12H,4-9H2,1-3H3,(H,20,24)/t11-,12-/m0/s1. The first-order valence-electron chi connectivity index (χ1n) is 8.28. The van der Waals surface area contributed by atoms with Gasteiger partial charge in [0.2, 0.25) is 0 Å². The number of hydrogen-bond acceptors (Lipinski definition) is 3. The molecule has 0 radical (unpaired) electrons. The Hall–Kier alpha value is -1.57. The zero-order valence-electron chi connectivity index (χ0n) is 14.4. The maximum Gasteiger partial charge on any atom is 0.435 e. The number of rotatable bonds is 5. The van der Waals surface area contributed by atoms with E-state index in [0.717, 1.165) is 30.5 Å². The molecule has 0 aliphatic carbocycles. The van der Waals surface area contributed by atoms with Crippen LogP contribution in [0.25, 0.3) is 0 Å². The van der Waals surface area contributed by atoms with Gasteiger partial charge in [-0.3, -0.25) is 9.48 Å². The molecule has 1 fully saturated rings. The van der Waals surface area contributed by atoms with E-state index in [9.17, 15) is 18.0 Å². The van der Waals surface area contributed by atoms with Crippen LogP contribution in [0.4, 0.5) is 13.2 Å². The minimum Gasteiger partial charge on any atom is -0.352 e. The van der Waals surface area contributed by atoms with Crippen LogP contribution in [-0.4, -0.2) is 46.8 Å². The molecular weight excluding hydrogens is 321 g/mol. The van der Waals surface area contributed by atoms with E-state index in [1.165, 1.54) is 13.5 Å². The number of nitrogens with one attached hydrogen (secondary N) is 1. The third-order valence-corrected chi connectivity index (χ3v) is 4.22. The van der Waals surface area contributed by atoms with Gasteiger partial charge in [-0.1, -0.05) is 13.8 Å². The van der Waals surface area contributed by atoms with Crippen molar-refractivity contribution in [3.8, 4) is 0 Å². The lowest BCUT2D eigenvalue weighted by molar-refractivity contribution is -0.141. The molecule has 2 heterocycles. The molecule has 24 heavy (non-hydrogen) atoms. The number of carbonyl (C=O) groups excluding carboxylic acids is 1. The molecule has 8 heteroatoms. The molecule has 2 rings (SSSR count). The van der Waals surface area contributed by atoms with Gasteiger partial charge in [0.15, 0.2) is 5.69 Å². The average molecular weight is 346 g/mol. The number of carbonyl (C=O) groups is 1. The van der Waals surface area contributed by atoms with Crippen LogP contribution in [0.15, 0.2) is 6.20 Å². The van der Waals surface area contributed by atoms with Gasteiger partial charge in [-0.15, -0.1) is 0 Å². The Bertz CT molecular complexity index is 560. The van der Waals surface area contributed by atoms with Gasteiger partial charge in [-0.25, -0.2) is 0 Å². The summed E-state index contributed by atoms with van der Waals surface area (Å²) in [7, 11) is 1.37. The van der Waals surface area contributed by atoms with Crippen LogP contribution in [0.2, 0.25) is 0 Å². The van der Waals surface area contributed by atoms with E-state index in [-0.39, 0.29) is 0 Å². The smallest absolute Gasteiger partial charge is 0.352 e. The predicted molar refractivity (Wildman–Crippen MR) is 84.5 cm³/mol. The molecule has 0 saturated carbocycles. The second-order valence-corrected chi connectivity index (χ2v) is 6.88. The molecule has 1 aromatic rings. The van der Waals surface area contributed by atoms with E-state index >= 15 is 0 Å². The van der Waals surface area contributed by atoms with Gasteiger partial charge in [-0.2, -0.15) is 18.3 Å². The Kier molecular flexibility index (Phi) is 5.90. The molecule has 1 saturated heterocycles. The van der Waals surface area contributed by atoms with Gasteiger partial charge in [0, 0.05) is 32.9 Å². The molecule has 136 valence electrons. The fourth-order valence-electron chi connectivity index (χ4n) is 3.44. The Morgan fingerprint density at radius 2 is 1.96 bits per heavy atom. The summed E-state index contributed by atoms with van der Waals surface area (Å²) in [4.78, 5) is 14.4. The molecule has 1 aromatic heterocycles. The second kappa shape index (κ2) is 7.55. The fraction of sp³-hybridized carbons (Fsp3) is 0.750. The SMILES string of the molecule is C[C@H]1C[C@H](C)CN(CCCNC(=O)c2cn(C)nc2C(F)(F)F)C1. The molecule has 5 nitrogen and oxygen atoms in total. The average Bonchev–Trinajstić information content (AvgIpc) is 2.84. The second-order valence-electron chi connectivity index (χ2n) is 6.88. The zero-order chi connectivity index (χ0) is 17.9. The molecule has 0 spiro atoms. The van der Waals surface area contributed by atoms with Gasteiger partial charge in [0.1, 0.15) is 0 Å². The number of aryl methyl sites for hydroxylation is 1. The monoisotopic (exact) mass is 346 g/mol. The maximum absolute atomic E-state index is 12.9. The van der Waals surface area contributed by atoms with Crippen LogP contribution < -0.4 is 5.32 Å². The number of nitrogens with zero attached hydrogens (tertiary/aromatic N) is 3. The number of amides is 1. The Morgan fingerprint density at radius 3 is 2.54 bits per heavy atom. The molecule has 1 aliphatic heterocycles. The van der Waals surface area contributed by atoms with Gasteiger partial charge in [0.05, 0.1) is 5.56 Å². The van der Waals surface area contributed by atoms with Crippen LogP contribution in [0, 0.1) is 11.8 Å². The third-order valence-electron chi connectivity index (χ3n) is 4.22. The normalized spacial score (nSPS) is 22.6. The number of piperidine rings is 1. The third kappa shape index (κ3) is 4.96. The topological polar surface area (TPSA) is 50.2 Å². The number of halogens is 3. The van der Waals surface area contributed by atoms with Crippen molar-refractivity contribution in [3.63, 3.8) is 0 Å². The molecule has 0 aromatic carbocycles. The molecular formula is C16H25F3N4O. The van der Waals surface area contributed by atoms with Crippen molar-refractivity contribution in [2.45, 2.75) is 32.9 Å². The van der Waals surface area contributed by atoms with E-state index in [2.05, 4.69) is 29.2 Å². The first-order valence-corrected chi connectivity index (χ1v) is 8.28. The highest BCUT2D eigenvalue weighted by Gasteiger charge is 2.38. The summed E-state index contributed by atoms with van der Waals surface area (Å²) in [5, 5.41) is 5.91. The van der Waals surface area contributed by atoms with E-state index in [4.69, 9.17) is 0 Å². The molecule has 0 bridgehead atoms. The van der Waals surface area contributed by atoms with Crippen molar-refractivity contribution in [1.29, 1.82) is 0 Å². The quantitative estimate of drug-likeness (QED) is 0.834. The number of likely N-dealkylation sites (tertiary alicyclic amines) is 1. The highest BCUT2D eigenvalue weighted by atomic mass is 19.4. The summed E-state index contributed by atoms with van der Waals surface area (Å²) in [6.45, 7) is 7.73. The van der Waals surface area contributed by atoms with Gasteiger partial charge < -0.3 is 10.2 Å². The lowest BCUT2D eigenvalue weighted by Crippen LogP contribution is -2.40. The van der Waals surface area contributed by atoms with E-state index < -0.39 is 23.3 Å². The van der Waals surface area contributed by atoms with Gasteiger partial charge in [-0.05, 0) is 31.2 Å². The first-order chi connectivity index (χ1) is 11.2. The summed E-state index contributed by atoms with van der Waals surface area (Å²) in [6.07, 6.45) is -1.58. The molecule has 1 amide bonds. The largest absolute Gasteiger partial charge is 0.435 e. The van der Waals surface area contributed by atoms with Crippen LogP contribution in [0.3, 0.4) is 0 Å². The molecule has 2 atom stereocenters. The van der Waals surface area contributed by atoms with Crippen LogP contribution in [0.1, 0.15) is 42.7 Å². The highest BCUT2D eigenvalue weighted by Crippen LogP contribution is 2.30. The predicted octanol–water partition coefficient (Wildman–Crippen LogP) is 2.54. The maximum atomic E-state index is 12.9. The van der Waals surface area contributed by atoms with Gasteiger partial charge >= 0.3 is 6.18 Å². The van der Waals surface area contributed by atoms with Crippen molar-refractivity contribution in [2.24, 2.45) is 18.9 Å². The van der Waals surface area contributed by atoms with Crippen molar-refractivity contribution in [2.75, 3.05) is 26.2 Å². The lowest BCUT2D eigenvalue weighted by atomic mass is 9.92. The van der Waals surface area contributed by atoms with E-state index in [1.54, 1.807) is 0 Å². The molecule has 1 N–H and O–H groups in total. The summed E-state index contributed by atoms with van der Waals surface area (Å²) < 4.78 is 39.6. The zero-order valence-corrected chi connectivity index (χ0v) is 14.4. The van der Waals surface area contributed by atoms with Crippen LogP contribution in [0.5, 0.6) is 0 Å². The number of aromatic nitrogens is 2. The minimum absolute atomic E-state index is 0.351. The van der Waals surface area contributed by atoms with Crippen LogP contribution >= 0.6 is 0 Å². The van der Waals surface area contributed by atoms with Crippen molar-refractivity contribution >= 4 is 5.91 Å². The van der Waals surface area contributed by atoms with Crippen molar-refractivity contribution in [1.82, 2.24) is 20.0 Å². The van der Waals surface area contributed by atoms with E-state index in [1.807, 2.05) is 0 Å². The van der Waals surface area contributed by atoms with Gasteiger partial charge in [0.25, 0.3) is 5.91 Å². The summed E-state index contributed by atoms with van der Waals surface area (Å²) in [6, 6.07) is 0. The van der Waals surface area contributed by atoms with Crippen molar-refractivity contribution in [3.05, 3.63) is 17.5 Å². The summed E-state index contributed by atoms with van der Waals surface area (Å²) in [5.74, 6) is 0.594. The Morgan fingerprint density at radius 1 is 1.33 bits per heavy atom. The Balaban J connectivity index is 1.82. The number of hydrogen-bond donors (Lipinski definition) is 1. The fourth-order valence-corrected chi connectivity index (χ4v) is 3.44. The highest BCUT2D eigenvalue weighted by molar-refractivity contribution is 5.95. The summed E-state index contributed by atoms with van der Waals surface area (Å²) >= 11 is 0. The van der Waals surface area contributed by atoms with Crippen molar-refractivity contribution < 1.29 is 18.0 Å². The Labute approximate surface area is 140 Å².